The minimum absolute atomic E-state index is 0.0795. The smallest absolute Gasteiger partial charge is 0.253 e. The summed E-state index contributed by atoms with van der Waals surface area (Å²) < 4.78 is 29.0. The van der Waals surface area contributed by atoms with E-state index in [-0.39, 0.29) is 26.5 Å². The largest absolute Gasteiger partial charge is 0.342 e. The summed E-state index contributed by atoms with van der Waals surface area (Å²) in [6.07, 6.45) is 1.62. The van der Waals surface area contributed by atoms with Gasteiger partial charge in [0.1, 0.15) is 5.82 Å². The molecule has 1 atom stereocenters. The van der Waals surface area contributed by atoms with Crippen molar-refractivity contribution in [1.29, 1.82) is 0 Å². The summed E-state index contributed by atoms with van der Waals surface area (Å²) in [6, 6.07) is 5.71. The number of benzene rings is 2. The number of halogens is 5. The zero-order valence-electron chi connectivity index (χ0n) is 18.1. The molecule has 1 aromatic heterocycles. The van der Waals surface area contributed by atoms with Crippen molar-refractivity contribution < 1.29 is 18.4 Å². The highest BCUT2D eigenvalue weighted by molar-refractivity contribution is 9.10. The molecule has 2 N–H and O–H groups in total. The highest BCUT2D eigenvalue weighted by Crippen LogP contribution is 2.28. The van der Waals surface area contributed by atoms with Crippen molar-refractivity contribution in [2.45, 2.75) is 24.7 Å². The van der Waals surface area contributed by atoms with Crippen LogP contribution in [0.4, 0.5) is 14.5 Å². The number of allylic oxidation sites excluding steroid dienone is 1. The number of hydrogen-bond acceptors (Lipinski definition) is 5. The number of nitrogens with zero attached hydrogens (tertiary/aromatic N) is 3. The highest BCUT2D eigenvalue weighted by atomic mass is 79.9. The Morgan fingerprint density at radius 2 is 2.00 bits per heavy atom. The molecule has 0 fully saturated rings. The van der Waals surface area contributed by atoms with Crippen molar-refractivity contribution in [2.24, 2.45) is 0 Å². The average molecular weight is 605 g/mol. The van der Waals surface area contributed by atoms with Crippen LogP contribution < -0.4 is 10.6 Å². The van der Waals surface area contributed by atoms with Gasteiger partial charge in [0.05, 0.1) is 28.1 Å². The summed E-state index contributed by atoms with van der Waals surface area (Å²) in [5.41, 5.74) is 0.0885. The first kappa shape index (κ1) is 27.1. The van der Waals surface area contributed by atoms with Crippen LogP contribution in [-0.2, 0) is 11.3 Å². The summed E-state index contributed by atoms with van der Waals surface area (Å²) in [7, 11) is 0. The second kappa shape index (κ2) is 12.0. The molecule has 2 aromatic carbocycles. The molecule has 7 nitrogen and oxygen atoms in total. The van der Waals surface area contributed by atoms with E-state index in [1.807, 2.05) is 0 Å². The maximum atomic E-state index is 14.0. The molecule has 184 valence electrons. The molecule has 0 bridgehead atoms. The van der Waals surface area contributed by atoms with Gasteiger partial charge < -0.3 is 15.2 Å². The highest BCUT2D eigenvalue weighted by Gasteiger charge is 2.22. The molecule has 0 saturated carbocycles. The topological polar surface area (TPSA) is 88.9 Å². The lowest BCUT2D eigenvalue weighted by Gasteiger charge is -2.16. The first-order chi connectivity index (χ1) is 16.6. The van der Waals surface area contributed by atoms with Crippen LogP contribution in [0.25, 0.3) is 0 Å². The predicted molar refractivity (Wildman–Crippen MR) is 136 cm³/mol. The van der Waals surface area contributed by atoms with E-state index in [4.69, 9.17) is 23.2 Å². The van der Waals surface area contributed by atoms with Gasteiger partial charge >= 0.3 is 0 Å². The summed E-state index contributed by atoms with van der Waals surface area (Å²) in [4.78, 5) is 25.0. The van der Waals surface area contributed by atoms with Crippen molar-refractivity contribution >= 4 is 68.4 Å². The Morgan fingerprint density at radius 1 is 1.26 bits per heavy atom. The number of hydrogen-bond donors (Lipinski definition) is 2. The quantitative estimate of drug-likeness (QED) is 0.230. The molecule has 1 heterocycles. The van der Waals surface area contributed by atoms with E-state index in [2.05, 4.69) is 43.3 Å². The molecular formula is C22H18BrCl2F2N5O2S. The van der Waals surface area contributed by atoms with Crippen molar-refractivity contribution in [3.63, 3.8) is 0 Å². The van der Waals surface area contributed by atoms with E-state index >= 15 is 0 Å². The van der Waals surface area contributed by atoms with Crippen LogP contribution in [0.1, 0.15) is 29.1 Å². The van der Waals surface area contributed by atoms with Gasteiger partial charge in [0.25, 0.3) is 5.91 Å². The Hall–Kier alpha value is -2.47. The van der Waals surface area contributed by atoms with E-state index in [0.29, 0.717) is 28.6 Å². The van der Waals surface area contributed by atoms with Crippen molar-refractivity contribution in [3.05, 3.63) is 80.5 Å². The zero-order valence-corrected chi connectivity index (χ0v) is 22.0. The molecule has 0 unspecified atom stereocenters. The van der Waals surface area contributed by atoms with Crippen LogP contribution in [-0.4, -0.2) is 32.3 Å². The molecule has 3 aromatic rings. The lowest BCUT2D eigenvalue weighted by Crippen LogP contribution is -2.29. The van der Waals surface area contributed by atoms with E-state index < -0.39 is 29.5 Å². The van der Waals surface area contributed by atoms with Crippen LogP contribution >= 0.6 is 50.9 Å². The molecule has 0 saturated heterocycles. The minimum Gasteiger partial charge on any atom is -0.342 e. The number of aromatic nitrogens is 3. The van der Waals surface area contributed by atoms with Crippen LogP contribution in [0.2, 0.25) is 10.0 Å². The van der Waals surface area contributed by atoms with Gasteiger partial charge in [-0.15, -0.1) is 16.8 Å². The van der Waals surface area contributed by atoms with Gasteiger partial charge in [0.2, 0.25) is 5.91 Å². The van der Waals surface area contributed by atoms with Gasteiger partial charge in [-0.1, -0.05) is 41.0 Å². The summed E-state index contributed by atoms with van der Waals surface area (Å²) in [5, 5.41) is 14.5. The molecule has 3 rings (SSSR count). The fourth-order valence-corrected chi connectivity index (χ4v) is 4.76. The number of carbonyl (C=O) groups excluding carboxylic acids is 2. The fourth-order valence-electron chi connectivity index (χ4n) is 3.01. The minimum atomic E-state index is -0.905. The van der Waals surface area contributed by atoms with Crippen molar-refractivity contribution in [2.75, 3.05) is 11.1 Å². The maximum absolute atomic E-state index is 14.0. The second-order valence-corrected chi connectivity index (χ2v) is 9.78. The molecule has 0 spiro atoms. The van der Waals surface area contributed by atoms with E-state index in [1.165, 1.54) is 12.1 Å². The second-order valence-electron chi connectivity index (χ2n) is 7.14. The number of carbonyl (C=O) groups is 2. The molecular weight excluding hydrogens is 587 g/mol. The number of rotatable bonds is 9. The molecule has 0 aliphatic carbocycles. The predicted octanol–water partition coefficient (Wildman–Crippen LogP) is 6.03. The van der Waals surface area contributed by atoms with E-state index in [1.54, 1.807) is 23.6 Å². The van der Waals surface area contributed by atoms with Crippen LogP contribution in [0.15, 0.2) is 52.6 Å². The Bertz CT molecular complexity index is 1270. The van der Waals surface area contributed by atoms with Crippen LogP contribution in [0, 0.1) is 11.6 Å². The molecule has 0 radical (unpaired) electrons. The van der Waals surface area contributed by atoms with E-state index in [9.17, 15) is 18.4 Å². The lowest BCUT2D eigenvalue weighted by molar-refractivity contribution is -0.113. The van der Waals surface area contributed by atoms with Crippen molar-refractivity contribution in [3.8, 4) is 0 Å². The van der Waals surface area contributed by atoms with Gasteiger partial charge in [0.15, 0.2) is 16.8 Å². The van der Waals surface area contributed by atoms with Crippen LogP contribution in [0.3, 0.4) is 0 Å². The standard InChI is InChI=1S/C22H18BrCl2F2N5O2S/c1-3-6-32-20(11(2)28-21(34)14-5-4-12(24)7-16(14)25)30-31-22(32)35-10-18(33)29-19-15(23)8-13(26)9-17(19)27/h3-5,7-9,11H,1,6,10H2,2H3,(H,28,34)(H,29,33)/t11-/m1/s1. The fraction of sp³-hybridized carbons (Fsp3) is 0.182. The molecule has 13 heteroatoms. The number of thioether (sulfide) groups is 1. The first-order valence-electron chi connectivity index (χ1n) is 9.97. The summed E-state index contributed by atoms with van der Waals surface area (Å²) >= 11 is 16.1. The molecule has 2 amide bonds. The Balaban J connectivity index is 1.70. The molecule has 35 heavy (non-hydrogen) atoms. The van der Waals surface area contributed by atoms with Crippen LogP contribution in [0.5, 0.6) is 0 Å². The molecule has 0 aliphatic heterocycles. The van der Waals surface area contributed by atoms with Gasteiger partial charge in [0, 0.05) is 22.1 Å². The number of nitrogens with one attached hydrogen (secondary N) is 2. The third-order valence-corrected chi connectivity index (χ3v) is 6.71. The van der Waals surface area contributed by atoms with Gasteiger partial charge in [-0.2, -0.15) is 0 Å². The third-order valence-electron chi connectivity index (χ3n) is 4.57. The van der Waals surface area contributed by atoms with Gasteiger partial charge in [-0.3, -0.25) is 9.59 Å². The Labute approximate surface area is 222 Å². The Kier molecular flexibility index (Phi) is 9.28. The summed E-state index contributed by atoms with van der Waals surface area (Å²) in [5.74, 6) is -2.33. The summed E-state index contributed by atoms with van der Waals surface area (Å²) in [6.45, 7) is 5.76. The normalized spacial score (nSPS) is 11.7. The van der Waals surface area contributed by atoms with Gasteiger partial charge in [-0.25, -0.2) is 8.78 Å². The third kappa shape index (κ3) is 6.81. The monoisotopic (exact) mass is 603 g/mol. The maximum Gasteiger partial charge on any atom is 0.253 e. The lowest BCUT2D eigenvalue weighted by atomic mass is 10.2. The first-order valence-corrected chi connectivity index (χ1v) is 12.5. The van der Waals surface area contributed by atoms with Gasteiger partial charge in [-0.05, 0) is 47.1 Å². The Morgan fingerprint density at radius 3 is 2.66 bits per heavy atom. The number of amides is 2. The van der Waals surface area contributed by atoms with Crippen molar-refractivity contribution in [1.82, 2.24) is 20.1 Å². The average Bonchev–Trinajstić information content (AvgIpc) is 3.17. The zero-order chi connectivity index (χ0) is 25.7. The van der Waals surface area contributed by atoms with E-state index in [0.717, 1.165) is 17.8 Å². The molecule has 0 aliphatic rings. The number of anilines is 1. The SMILES string of the molecule is C=CCn1c(SCC(=O)Nc2c(F)cc(F)cc2Br)nnc1[C@@H](C)NC(=O)c1ccc(Cl)cc1Cl.